The largest absolute Gasteiger partial charge is 0.454 e. The van der Waals surface area contributed by atoms with Gasteiger partial charge in [0.2, 0.25) is 12.7 Å². The van der Waals surface area contributed by atoms with Crippen molar-refractivity contribution in [2.75, 3.05) is 53.6 Å². The Labute approximate surface area is 182 Å². The third-order valence-electron chi connectivity index (χ3n) is 6.33. The Kier molecular flexibility index (Phi) is 8.40. The highest BCUT2D eigenvalue weighted by molar-refractivity contribution is 5.78. The molecule has 2 atom stereocenters. The molecule has 1 fully saturated rings. The molecule has 0 saturated carbocycles. The first-order valence-corrected chi connectivity index (χ1v) is 11.5. The molecule has 30 heavy (non-hydrogen) atoms. The number of nitrogens with zero attached hydrogens (tertiary/aromatic N) is 3. The number of benzene rings is 1. The Morgan fingerprint density at radius 3 is 2.60 bits per heavy atom. The van der Waals surface area contributed by atoms with E-state index in [1.807, 2.05) is 6.07 Å². The maximum Gasteiger partial charge on any atom is 0.236 e. The lowest BCUT2D eigenvalue weighted by molar-refractivity contribution is -0.132. The van der Waals surface area contributed by atoms with Crippen LogP contribution in [0, 0.1) is 0 Å². The second kappa shape index (κ2) is 11.0. The van der Waals surface area contributed by atoms with Crippen molar-refractivity contribution in [2.45, 2.75) is 57.9 Å². The maximum atomic E-state index is 13.1. The summed E-state index contributed by atoms with van der Waals surface area (Å²) >= 11 is 0. The summed E-state index contributed by atoms with van der Waals surface area (Å²) in [6.45, 7) is 9.03. The first kappa shape index (κ1) is 22.9. The average molecular weight is 418 g/mol. The fourth-order valence-corrected chi connectivity index (χ4v) is 4.44. The zero-order chi connectivity index (χ0) is 21.5. The van der Waals surface area contributed by atoms with Crippen LogP contribution >= 0.6 is 0 Å². The number of unbranched alkanes of at least 4 members (excludes halogenated alkanes) is 2. The summed E-state index contributed by atoms with van der Waals surface area (Å²) < 4.78 is 11.0. The van der Waals surface area contributed by atoms with E-state index in [4.69, 9.17) is 9.47 Å². The maximum absolute atomic E-state index is 13.1. The molecular formula is C24H39N3O3. The molecule has 0 bridgehead atoms. The van der Waals surface area contributed by atoms with E-state index < -0.39 is 0 Å². The van der Waals surface area contributed by atoms with E-state index in [1.54, 1.807) is 0 Å². The van der Waals surface area contributed by atoms with E-state index in [-0.39, 0.29) is 5.91 Å². The molecule has 2 heterocycles. The number of rotatable bonds is 11. The molecule has 6 heteroatoms. The van der Waals surface area contributed by atoms with E-state index >= 15 is 0 Å². The minimum Gasteiger partial charge on any atom is -0.454 e. The first-order chi connectivity index (χ1) is 14.5. The van der Waals surface area contributed by atoms with Crippen LogP contribution in [0.15, 0.2) is 18.2 Å². The Morgan fingerprint density at radius 2 is 1.83 bits per heavy atom. The predicted molar refractivity (Wildman–Crippen MR) is 120 cm³/mol. The van der Waals surface area contributed by atoms with Gasteiger partial charge in [-0.25, -0.2) is 0 Å². The van der Waals surface area contributed by atoms with Gasteiger partial charge in [-0.2, -0.15) is 0 Å². The van der Waals surface area contributed by atoms with Gasteiger partial charge in [0.1, 0.15) is 0 Å². The van der Waals surface area contributed by atoms with E-state index in [0.717, 1.165) is 69.8 Å². The highest BCUT2D eigenvalue weighted by Crippen LogP contribution is 2.38. The molecule has 1 aromatic carbocycles. The van der Waals surface area contributed by atoms with Gasteiger partial charge in [-0.05, 0) is 76.9 Å². The van der Waals surface area contributed by atoms with Crippen LogP contribution in [-0.4, -0.2) is 80.3 Å². The highest BCUT2D eigenvalue weighted by Gasteiger charge is 2.32. The normalized spacial score (nSPS) is 20.8. The van der Waals surface area contributed by atoms with Gasteiger partial charge < -0.3 is 19.3 Å². The van der Waals surface area contributed by atoms with Crippen LogP contribution in [-0.2, 0) is 4.79 Å². The molecule has 1 aromatic rings. The van der Waals surface area contributed by atoms with Crippen LogP contribution in [0.3, 0.4) is 0 Å². The third kappa shape index (κ3) is 6.11. The summed E-state index contributed by atoms with van der Waals surface area (Å²) in [6, 6.07) is 6.68. The molecule has 2 aliphatic rings. The standard InChI is InChI=1S/C24H39N3O3/c1-5-6-12-26(13-8-7-11-25(3)4)24(28)17-27-16-21(14-19(27)2)20-9-10-22-23(15-20)30-18-29-22/h9-10,15,19,21H,5-8,11-14,16-18H2,1-4H3/t19-,21+/m0/s1. The quantitative estimate of drug-likeness (QED) is 0.515. The number of amides is 1. The lowest BCUT2D eigenvalue weighted by Crippen LogP contribution is -2.42. The monoisotopic (exact) mass is 417 g/mol. The van der Waals surface area contributed by atoms with Crippen LogP contribution in [0.2, 0.25) is 0 Å². The average Bonchev–Trinajstić information content (AvgIpc) is 3.33. The fraction of sp³-hybridized carbons (Fsp3) is 0.708. The Balaban J connectivity index is 1.54. The Morgan fingerprint density at radius 1 is 1.10 bits per heavy atom. The lowest BCUT2D eigenvalue weighted by Gasteiger charge is -2.27. The molecular weight excluding hydrogens is 378 g/mol. The summed E-state index contributed by atoms with van der Waals surface area (Å²) in [6.07, 6.45) is 5.48. The zero-order valence-electron chi connectivity index (χ0n) is 19.2. The fourth-order valence-electron chi connectivity index (χ4n) is 4.44. The van der Waals surface area contributed by atoms with Crippen LogP contribution < -0.4 is 9.47 Å². The summed E-state index contributed by atoms with van der Waals surface area (Å²) in [5, 5.41) is 0. The smallest absolute Gasteiger partial charge is 0.236 e. The zero-order valence-corrected chi connectivity index (χ0v) is 19.2. The van der Waals surface area contributed by atoms with Gasteiger partial charge in [0.15, 0.2) is 11.5 Å². The van der Waals surface area contributed by atoms with Crippen molar-refractivity contribution in [3.63, 3.8) is 0 Å². The molecule has 0 spiro atoms. The van der Waals surface area contributed by atoms with E-state index in [0.29, 0.717) is 25.3 Å². The van der Waals surface area contributed by atoms with Gasteiger partial charge in [0.05, 0.1) is 6.54 Å². The van der Waals surface area contributed by atoms with Crippen molar-refractivity contribution in [1.82, 2.24) is 14.7 Å². The molecule has 0 radical (unpaired) electrons. The van der Waals surface area contributed by atoms with Gasteiger partial charge >= 0.3 is 0 Å². The Bertz CT molecular complexity index is 694. The molecule has 1 amide bonds. The van der Waals surface area contributed by atoms with Crippen molar-refractivity contribution in [3.8, 4) is 11.5 Å². The second-order valence-electron chi connectivity index (χ2n) is 9.07. The number of carbonyl (C=O) groups excluding carboxylic acids is 1. The first-order valence-electron chi connectivity index (χ1n) is 11.5. The molecule has 0 aromatic heterocycles. The number of fused-ring (bicyclic) bond motifs is 1. The summed E-state index contributed by atoms with van der Waals surface area (Å²) in [4.78, 5) is 19.8. The van der Waals surface area contributed by atoms with Crippen molar-refractivity contribution in [1.29, 1.82) is 0 Å². The van der Waals surface area contributed by atoms with E-state index in [1.165, 1.54) is 5.56 Å². The highest BCUT2D eigenvalue weighted by atomic mass is 16.7. The second-order valence-corrected chi connectivity index (χ2v) is 9.07. The molecule has 1 saturated heterocycles. The van der Waals surface area contributed by atoms with Crippen molar-refractivity contribution < 1.29 is 14.3 Å². The Hall–Kier alpha value is -1.79. The van der Waals surface area contributed by atoms with Crippen LogP contribution in [0.5, 0.6) is 11.5 Å². The molecule has 2 aliphatic heterocycles. The van der Waals surface area contributed by atoms with Gasteiger partial charge in [-0.1, -0.05) is 19.4 Å². The van der Waals surface area contributed by atoms with Crippen molar-refractivity contribution in [2.24, 2.45) is 0 Å². The molecule has 0 unspecified atom stereocenters. The third-order valence-corrected chi connectivity index (χ3v) is 6.33. The van der Waals surface area contributed by atoms with E-state index in [9.17, 15) is 4.79 Å². The predicted octanol–water partition coefficient (Wildman–Crippen LogP) is 3.56. The lowest BCUT2D eigenvalue weighted by atomic mass is 9.96. The molecule has 168 valence electrons. The van der Waals surface area contributed by atoms with Crippen molar-refractivity contribution in [3.05, 3.63) is 23.8 Å². The minimum absolute atomic E-state index is 0.284. The van der Waals surface area contributed by atoms with Gasteiger partial charge in [0, 0.05) is 25.7 Å². The number of ether oxygens (including phenoxy) is 2. The minimum atomic E-state index is 0.284. The molecule has 6 nitrogen and oxygen atoms in total. The number of likely N-dealkylation sites (tertiary alicyclic amines) is 1. The summed E-state index contributed by atoms with van der Waals surface area (Å²) in [5.41, 5.74) is 1.28. The van der Waals surface area contributed by atoms with Crippen molar-refractivity contribution >= 4 is 5.91 Å². The van der Waals surface area contributed by atoms with Crippen LogP contribution in [0.25, 0.3) is 0 Å². The van der Waals surface area contributed by atoms with E-state index in [2.05, 4.69) is 54.8 Å². The molecule has 3 rings (SSSR count). The number of hydrogen-bond donors (Lipinski definition) is 0. The topological polar surface area (TPSA) is 45.2 Å². The molecule has 0 N–H and O–H groups in total. The van der Waals surface area contributed by atoms with Crippen LogP contribution in [0.1, 0.15) is 57.4 Å². The summed E-state index contributed by atoms with van der Waals surface area (Å²) in [7, 11) is 4.21. The van der Waals surface area contributed by atoms with Gasteiger partial charge in [-0.15, -0.1) is 0 Å². The molecule has 0 aliphatic carbocycles. The van der Waals surface area contributed by atoms with Gasteiger partial charge in [0.25, 0.3) is 0 Å². The van der Waals surface area contributed by atoms with Gasteiger partial charge in [-0.3, -0.25) is 9.69 Å². The summed E-state index contributed by atoms with van der Waals surface area (Å²) in [5.74, 6) is 2.40. The van der Waals surface area contributed by atoms with Crippen LogP contribution in [0.4, 0.5) is 0 Å². The SMILES string of the molecule is CCCCN(CCCCN(C)C)C(=O)CN1C[C@H](c2ccc3c(c2)OCO3)C[C@@H]1C. The number of carbonyl (C=O) groups is 1. The number of hydrogen-bond acceptors (Lipinski definition) is 5.